The number of aromatic nitrogens is 1. The van der Waals surface area contributed by atoms with Gasteiger partial charge in [0.05, 0.1) is 5.69 Å². The Morgan fingerprint density at radius 1 is 1.21 bits per heavy atom. The summed E-state index contributed by atoms with van der Waals surface area (Å²) >= 11 is 0. The molecule has 5 nitrogen and oxygen atoms in total. The molecule has 1 aromatic heterocycles. The Hall–Kier alpha value is -2.70. The molecule has 0 aliphatic rings. The summed E-state index contributed by atoms with van der Waals surface area (Å²) in [6.07, 6.45) is 0. The van der Waals surface area contributed by atoms with E-state index in [4.69, 9.17) is 5.11 Å². The highest BCUT2D eigenvalue weighted by Gasteiger charge is 2.28. The second-order valence-electron chi connectivity index (χ2n) is 4.91. The third-order valence-electron chi connectivity index (χ3n) is 3.26. The van der Waals surface area contributed by atoms with Crippen LogP contribution in [0.25, 0.3) is 0 Å². The molecular formula is C17H20F2N2O3. The minimum atomic E-state index is -1.55. The van der Waals surface area contributed by atoms with E-state index in [9.17, 15) is 18.4 Å². The van der Waals surface area contributed by atoms with Gasteiger partial charge in [0.15, 0.2) is 11.6 Å². The number of ketones is 1. The highest BCUT2D eigenvalue weighted by atomic mass is 19.1. The summed E-state index contributed by atoms with van der Waals surface area (Å²) in [5.74, 6) is -4.12. The van der Waals surface area contributed by atoms with Crippen molar-refractivity contribution in [2.75, 3.05) is 5.32 Å². The second-order valence-corrected chi connectivity index (χ2v) is 4.91. The number of hydrogen-bond donors (Lipinski definition) is 2. The van der Waals surface area contributed by atoms with Gasteiger partial charge in [-0.25, -0.2) is 13.6 Å². The van der Waals surface area contributed by atoms with Crippen LogP contribution in [0.2, 0.25) is 0 Å². The van der Waals surface area contributed by atoms with Crippen molar-refractivity contribution in [1.29, 1.82) is 0 Å². The lowest BCUT2D eigenvalue weighted by Crippen LogP contribution is -2.07. The Morgan fingerprint density at radius 2 is 1.79 bits per heavy atom. The van der Waals surface area contributed by atoms with Gasteiger partial charge >= 0.3 is 5.97 Å². The summed E-state index contributed by atoms with van der Waals surface area (Å²) in [6, 6.07) is 4.29. The number of benzene rings is 1. The summed E-state index contributed by atoms with van der Waals surface area (Å²) < 4.78 is 29.1. The zero-order valence-electron chi connectivity index (χ0n) is 14.2. The first-order chi connectivity index (χ1) is 11.2. The first-order valence-electron chi connectivity index (χ1n) is 7.39. The first kappa shape index (κ1) is 19.3. The molecule has 130 valence electrons. The molecular weight excluding hydrogens is 318 g/mol. The molecule has 0 aliphatic heterocycles. The van der Waals surface area contributed by atoms with Crippen LogP contribution in [0.5, 0.6) is 0 Å². The van der Waals surface area contributed by atoms with E-state index in [2.05, 4.69) is 5.32 Å². The van der Waals surface area contributed by atoms with Crippen molar-refractivity contribution >= 4 is 23.3 Å². The van der Waals surface area contributed by atoms with E-state index in [0.717, 1.165) is 11.5 Å². The van der Waals surface area contributed by atoms with E-state index in [1.165, 1.54) is 19.2 Å². The number of rotatable bonds is 4. The fourth-order valence-electron chi connectivity index (χ4n) is 2.23. The molecule has 0 spiro atoms. The van der Waals surface area contributed by atoms with Crippen molar-refractivity contribution in [3.63, 3.8) is 0 Å². The number of Topliss-reactive ketones (excluding diaryl/α,β-unsaturated/α-hetero) is 1. The third kappa shape index (κ3) is 3.61. The number of halogens is 2. The van der Waals surface area contributed by atoms with E-state index in [0.29, 0.717) is 5.56 Å². The standard InChI is InChI=1S/C15H14F2N2O3.C2H6/c1-7-4-5-10(9(16)6-7)18-14-11(15(21)22)12(17)13(8(2)20)19(14)3;1-2/h4-6,18H,1-3H3,(H,21,22);1-2H3. The number of aryl methyl sites for hydroxylation is 1. The number of carboxylic acids is 1. The maximum absolute atomic E-state index is 14.2. The number of hydrogen-bond acceptors (Lipinski definition) is 3. The van der Waals surface area contributed by atoms with E-state index in [1.54, 1.807) is 13.0 Å². The number of carbonyl (C=O) groups excluding carboxylic acids is 1. The molecule has 0 unspecified atom stereocenters. The van der Waals surface area contributed by atoms with Gasteiger partial charge in [-0.3, -0.25) is 4.79 Å². The van der Waals surface area contributed by atoms with Crippen molar-refractivity contribution in [2.45, 2.75) is 27.7 Å². The Labute approximate surface area is 138 Å². The SMILES string of the molecule is CC.CC(=O)c1c(F)c(C(=O)O)c(Nc2ccc(C)cc2F)n1C. The van der Waals surface area contributed by atoms with Gasteiger partial charge in [0.2, 0.25) is 0 Å². The molecule has 0 saturated carbocycles. The molecule has 0 atom stereocenters. The van der Waals surface area contributed by atoms with E-state index in [1.807, 2.05) is 13.8 Å². The zero-order chi connectivity index (χ0) is 18.6. The van der Waals surface area contributed by atoms with E-state index in [-0.39, 0.29) is 17.2 Å². The van der Waals surface area contributed by atoms with Crippen LogP contribution in [0.15, 0.2) is 18.2 Å². The normalized spacial score (nSPS) is 9.96. The second kappa shape index (κ2) is 7.72. The summed E-state index contributed by atoms with van der Waals surface area (Å²) in [7, 11) is 1.33. The van der Waals surface area contributed by atoms with Crippen LogP contribution in [0.4, 0.5) is 20.3 Å². The predicted molar refractivity (Wildman–Crippen MR) is 88.1 cm³/mol. The molecule has 0 fully saturated rings. The monoisotopic (exact) mass is 338 g/mol. The van der Waals surface area contributed by atoms with Gasteiger partial charge in [-0.15, -0.1) is 0 Å². The summed E-state index contributed by atoms with van der Waals surface area (Å²) in [5.41, 5.74) is -0.409. The fraction of sp³-hybridized carbons (Fsp3) is 0.294. The van der Waals surface area contributed by atoms with Gasteiger partial charge in [0.25, 0.3) is 0 Å². The molecule has 0 amide bonds. The average Bonchev–Trinajstić information content (AvgIpc) is 2.75. The van der Waals surface area contributed by atoms with Crippen LogP contribution in [0.1, 0.15) is 47.2 Å². The van der Waals surface area contributed by atoms with Crippen molar-refractivity contribution in [3.05, 3.63) is 46.7 Å². The molecule has 2 N–H and O–H groups in total. The topological polar surface area (TPSA) is 71.3 Å². The Morgan fingerprint density at radius 3 is 2.25 bits per heavy atom. The van der Waals surface area contributed by atoms with Crippen molar-refractivity contribution in [2.24, 2.45) is 7.05 Å². The number of anilines is 2. The zero-order valence-corrected chi connectivity index (χ0v) is 14.2. The van der Waals surface area contributed by atoms with E-state index >= 15 is 0 Å². The maximum atomic E-state index is 14.2. The lowest BCUT2D eigenvalue weighted by atomic mass is 10.2. The molecule has 2 rings (SSSR count). The highest BCUT2D eigenvalue weighted by molar-refractivity contribution is 6.01. The van der Waals surface area contributed by atoms with Gasteiger partial charge in [-0.05, 0) is 24.6 Å². The number of nitrogens with one attached hydrogen (secondary N) is 1. The molecule has 2 aromatic rings. The summed E-state index contributed by atoms with van der Waals surface area (Å²) in [5, 5.41) is 11.7. The maximum Gasteiger partial charge on any atom is 0.342 e. The van der Waals surface area contributed by atoms with Gasteiger partial charge in [0, 0.05) is 14.0 Å². The minimum Gasteiger partial charge on any atom is -0.477 e. The van der Waals surface area contributed by atoms with Crippen LogP contribution in [0, 0.1) is 18.6 Å². The molecule has 1 aromatic carbocycles. The molecule has 1 heterocycles. The minimum absolute atomic E-state index is 0.0104. The van der Waals surface area contributed by atoms with Crippen LogP contribution in [-0.2, 0) is 7.05 Å². The summed E-state index contributed by atoms with van der Waals surface area (Å²) in [4.78, 5) is 22.7. The smallest absolute Gasteiger partial charge is 0.342 e. The predicted octanol–water partition coefficient (Wildman–Crippen LogP) is 4.28. The van der Waals surface area contributed by atoms with Gasteiger partial charge in [-0.1, -0.05) is 19.9 Å². The average molecular weight is 338 g/mol. The van der Waals surface area contributed by atoms with Crippen LogP contribution in [0.3, 0.4) is 0 Å². The Bertz CT molecular complexity index is 783. The fourth-order valence-corrected chi connectivity index (χ4v) is 2.23. The van der Waals surface area contributed by atoms with Crippen LogP contribution < -0.4 is 5.32 Å². The number of carbonyl (C=O) groups is 2. The van der Waals surface area contributed by atoms with Crippen LogP contribution >= 0.6 is 0 Å². The highest BCUT2D eigenvalue weighted by Crippen LogP contribution is 2.29. The van der Waals surface area contributed by atoms with E-state index < -0.39 is 29.0 Å². The van der Waals surface area contributed by atoms with Gasteiger partial charge in [-0.2, -0.15) is 0 Å². The molecule has 0 bridgehead atoms. The number of aromatic carboxylic acids is 1. The van der Waals surface area contributed by atoms with Gasteiger partial charge in [0.1, 0.15) is 22.9 Å². The largest absolute Gasteiger partial charge is 0.477 e. The van der Waals surface area contributed by atoms with Crippen molar-refractivity contribution in [3.8, 4) is 0 Å². The van der Waals surface area contributed by atoms with Gasteiger partial charge < -0.3 is 15.0 Å². The lowest BCUT2D eigenvalue weighted by molar-refractivity contribution is 0.0693. The van der Waals surface area contributed by atoms with Crippen LogP contribution in [-0.4, -0.2) is 21.4 Å². The Balaban J connectivity index is 0.00000139. The molecule has 24 heavy (non-hydrogen) atoms. The molecule has 7 heteroatoms. The molecule has 0 radical (unpaired) electrons. The first-order valence-corrected chi connectivity index (χ1v) is 7.39. The Kier molecular flexibility index (Phi) is 6.22. The van der Waals surface area contributed by atoms with Crippen molar-refractivity contribution < 1.29 is 23.5 Å². The molecule has 0 saturated heterocycles. The quantitative estimate of drug-likeness (QED) is 0.816. The number of carboxylic acid groups (broad SMARTS) is 1. The third-order valence-corrected chi connectivity index (χ3v) is 3.26. The molecule has 0 aliphatic carbocycles. The number of nitrogens with zero attached hydrogens (tertiary/aromatic N) is 1. The van der Waals surface area contributed by atoms with Crippen molar-refractivity contribution in [1.82, 2.24) is 4.57 Å². The summed E-state index contributed by atoms with van der Waals surface area (Å²) in [6.45, 7) is 6.83. The lowest BCUT2D eigenvalue weighted by Gasteiger charge is -2.11.